The maximum atomic E-state index is 13.4. The highest BCUT2D eigenvalue weighted by molar-refractivity contribution is 7.99. The smallest absolute Gasteiger partial charge is 0.264 e. The largest absolute Gasteiger partial charge is 0.381 e. The van der Waals surface area contributed by atoms with E-state index >= 15 is 0 Å². The van der Waals surface area contributed by atoms with Crippen molar-refractivity contribution in [3.05, 3.63) is 143 Å². The summed E-state index contributed by atoms with van der Waals surface area (Å²) < 4.78 is 29.1. The molecule has 294 valence electrons. The minimum absolute atomic E-state index is 0.0533. The Morgan fingerprint density at radius 2 is 1.52 bits per heavy atom. The van der Waals surface area contributed by atoms with Gasteiger partial charge in [0.1, 0.15) is 0 Å². The molecule has 0 bridgehead atoms. The molecule has 11 heteroatoms. The van der Waals surface area contributed by atoms with Crippen LogP contribution in [0.2, 0.25) is 5.02 Å². The molecular formula is C45H52ClN5O3S2. The molecule has 1 saturated heterocycles. The van der Waals surface area contributed by atoms with Gasteiger partial charge in [0.2, 0.25) is 0 Å². The molecule has 1 heterocycles. The third kappa shape index (κ3) is 11.2. The Labute approximate surface area is 342 Å². The van der Waals surface area contributed by atoms with Crippen LogP contribution in [0, 0.1) is 6.92 Å². The Morgan fingerprint density at radius 3 is 2.20 bits per heavy atom. The van der Waals surface area contributed by atoms with Crippen LogP contribution in [-0.4, -0.2) is 81.7 Å². The van der Waals surface area contributed by atoms with E-state index in [9.17, 15) is 13.2 Å². The molecule has 1 aliphatic heterocycles. The number of benzene rings is 5. The lowest BCUT2D eigenvalue weighted by molar-refractivity contribution is 0.0981. The van der Waals surface area contributed by atoms with Crippen molar-refractivity contribution in [1.29, 1.82) is 0 Å². The molecule has 8 nitrogen and oxygen atoms in total. The van der Waals surface area contributed by atoms with Gasteiger partial charge in [-0.15, -0.1) is 11.8 Å². The highest BCUT2D eigenvalue weighted by Gasteiger charge is 2.22. The summed E-state index contributed by atoms with van der Waals surface area (Å²) in [5.41, 5.74) is 6.62. The molecule has 1 atom stereocenters. The second-order valence-corrected chi connectivity index (χ2v) is 17.4. The number of rotatable bonds is 17. The van der Waals surface area contributed by atoms with E-state index in [1.54, 1.807) is 30.3 Å². The Balaban J connectivity index is 1.03. The number of carbonyl (C=O) groups is 1. The van der Waals surface area contributed by atoms with Crippen LogP contribution in [-0.2, 0) is 16.6 Å². The molecule has 5 aromatic rings. The predicted octanol–water partition coefficient (Wildman–Crippen LogP) is 9.06. The average Bonchev–Trinajstić information content (AvgIpc) is 3.22. The average molecular weight is 811 g/mol. The molecule has 0 unspecified atom stereocenters. The summed E-state index contributed by atoms with van der Waals surface area (Å²) in [5, 5.41) is 4.41. The predicted molar refractivity (Wildman–Crippen MR) is 234 cm³/mol. The van der Waals surface area contributed by atoms with Gasteiger partial charge in [-0.25, -0.2) is 13.1 Å². The van der Waals surface area contributed by atoms with Gasteiger partial charge in [0.25, 0.3) is 15.9 Å². The molecule has 1 fully saturated rings. The van der Waals surface area contributed by atoms with Crippen LogP contribution >= 0.6 is 23.4 Å². The van der Waals surface area contributed by atoms with Crippen LogP contribution < -0.4 is 14.9 Å². The number of aryl methyl sites for hydroxylation is 1. The van der Waals surface area contributed by atoms with Gasteiger partial charge in [-0.05, 0) is 115 Å². The number of anilines is 2. The summed E-state index contributed by atoms with van der Waals surface area (Å²) in [6.45, 7) is 13.5. The number of sulfonamides is 1. The van der Waals surface area contributed by atoms with Crippen LogP contribution in [0.25, 0.3) is 11.1 Å². The van der Waals surface area contributed by atoms with Crippen LogP contribution in [0.5, 0.6) is 0 Å². The first-order valence-corrected chi connectivity index (χ1v) is 22.2. The molecule has 0 aliphatic carbocycles. The van der Waals surface area contributed by atoms with Crippen molar-refractivity contribution in [2.45, 2.75) is 49.6 Å². The van der Waals surface area contributed by atoms with E-state index in [4.69, 9.17) is 11.6 Å². The zero-order valence-corrected chi connectivity index (χ0v) is 34.8. The lowest BCUT2D eigenvalue weighted by Gasteiger charge is -2.36. The van der Waals surface area contributed by atoms with Gasteiger partial charge in [0, 0.05) is 77.9 Å². The van der Waals surface area contributed by atoms with Gasteiger partial charge >= 0.3 is 0 Å². The van der Waals surface area contributed by atoms with E-state index in [1.165, 1.54) is 16.0 Å². The molecule has 0 radical (unpaired) electrons. The van der Waals surface area contributed by atoms with Crippen LogP contribution in [0.15, 0.2) is 131 Å². The van der Waals surface area contributed by atoms with Crippen molar-refractivity contribution in [3.63, 3.8) is 0 Å². The molecule has 2 N–H and O–H groups in total. The first kappa shape index (κ1) is 41.3. The lowest BCUT2D eigenvalue weighted by atomic mass is 9.99. The standard InChI is InChI=1S/C45H52ClN5O3S2/c1-4-49(5-2)26-25-39(33-55-41-12-7-6-8-13-41)47-44-24-23-42(31-34(44)3)56(53,54)48-45(52)36-17-21-40(22-18-36)51-29-27-50(28-30-51)32-37-11-9-10-14-43(37)35-15-19-38(46)20-16-35/h6-24,31,39,47H,4-5,25-30,32-33H2,1-3H3,(H,48,52)/t39-/m1/s1. The van der Waals surface area contributed by atoms with Gasteiger partial charge < -0.3 is 15.1 Å². The second-order valence-electron chi connectivity index (χ2n) is 14.2. The van der Waals surface area contributed by atoms with Crippen LogP contribution in [0.1, 0.15) is 41.8 Å². The minimum Gasteiger partial charge on any atom is -0.381 e. The number of halogens is 1. The lowest BCUT2D eigenvalue weighted by Crippen LogP contribution is -2.46. The summed E-state index contributed by atoms with van der Waals surface area (Å²) in [7, 11) is -4.10. The number of nitrogens with one attached hydrogen (secondary N) is 2. The number of amides is 1. The monoisotopic (exact) mass is 809 g/mol. The first-order chi connectivity index (χ1) is 27.1. The van der Waals surface area contributed by atoms with Crippen LogP contribution in [0.3, 0.4) is 0 Å². The normalized spacial score (nSPS) is 14.1. The highest BCUT2D eigenvalue weighted by Crippen LogP contribution is 2.28. The molecule has 1 amide bonds. The Kier molecular flexibility index (Phi) is 14.5. The fourth-order valence-electron chi connectivity index (χ4n) is 7.01. The third-order valence-electron chi connectivity index (χ3n) is 10.4. The molecular weight excluding hydrogens is 758 g/mol. The van der Waals surface area contributed by atoms with E-state index in [2.05, 4.69) is 87.1 Å². The number of nitrogens with zero attached hydrogens (tertiary/aromatic N) is 3. The fourth-order valence-corrected chi connectivity index (χ4v) is 9.19. The minimum atomic E-state index is -4.10. The molecule has 0 aromatic heterocycles. The summed E-state index contributed by atoms with van der Waals surface area (Å²) >= 11 is 7.94. The summed E-state index contributed by atoms with van der Waals surface area (Å²) in [6, 6.07) is 39.2. The number of hydrogen-bond donors (Lipinski definition) is 2. The fraction of sp³-hybridized carbons (Fsp3) is 0.311. The molecule has 1 aliphatic rings. The van der Waals surface area contributed by atoms with Gasteiger partial charge in [-0.3, -0.25) is 9.69 Å². The molecule has 0 spiro atoms. The van der Waals surface area contributed by atoms with E-state index in [0.717, 1.165) is 92.1 Å². The van der Waals surface area contributed by atoms with E-state index in [1.807, 2.05) is 61.2 Å². The SMILES string of the molecule is CCN(CC)CC[C@H](CSc1ccccc1)Nc1ccc(S(=O)(=O)NC(=O)c2ccc(N3CCN(Cc4ccccc4-c4ccc(Cl)cc4)CC3)cc2)cc1C. The summed E-state index contributed by atoms with van der Waals surface area (Å²) in [6.07, 6.45) is 0.951. The number of hydrogen-bond acceptors (Lipinski definition) is 8. The van der Waals surface area contributed by atoms with Gasteiger partial charge in [-0.1, -0.05) is 80.0 Å². The Bertz CT molecular complexity index is 2140. The topological polar surface area (TPSA) is 85.0 Å². The maximum Gasteiger partial charge on any atom is 0.264 e. The summed E-state index contributed by atoms with van der Waals surface area (Å²) in [5.74, 6) is 0.214. The van der Waals surface area contributed by atoms with Crippen molar-refractivity contribution >= 4 is 50.7 Å². The van der Waals surface area contributed by atoms with Crippen LogP contribution in [0.4, 0.5) is 11.4 Å². The first-order valence-electron chi connectivity index (χ1n) is 19.4. The van der Waals surface area contributed by atoms with Gasteiger partial charge in [0.05, 0.1) is 4.90 Å². The molecule has 0 saturated carbocycles. The number of thioether (sulfide) groups is 1. The molecule has 6 rings (SSSR count). The second kappa shape index (κ2) is 19.7. The quantitative estimate of drug-likeness (QED) is 0.0901. The Morgan fingerprint density at radius 1 is 0.839 bits per heavy atom. The van der Waals surface area contributed by atoms with E-state index in [0.29, 0.717) is 0 Å². The highest BCUT2D eigenvalue weighted by atomic mass is 35.5. The zero-order valence-electron chi connectivity index (χ0n) is 32.5. The zero-order chi connectivity index (χ0) is 39.5. The third-order valence-corrected chi connectivity index (χ3v) is 13.2. The van der Waals surface area contributed by atoms with Gasteiger partial charge in [-0.2, -0.15) is 0 Å². The van der Waals surface area contributed by atoms with E-state index < -0.39 is 15.9 Å². The maximum absolute atomic E-state index is 13.4. The van der Waals surface area contributed by atoms with Gasteiger partial charge in [0.15, 0.2) is 0 Å². The number of carbonyl (C=O) groups excluding carboxylic acids is 1. The van der Waals surface area contributed by atoms with Crippen molar-refractivity contribution in [1.82, 2.24) is 14.5 Å². The number of piperazine rings is 1. The van der Waals surface area contributed by atoms with Crippen molar-refractivity contribution in [2.75, 3.05) is 61.8 Å². The molecule has 5 aromatic carbocycles. The van der Waals surface area contributed by atoms with Crippen molar-refractivity contribution in [3.8, 4) is 11.1 Å². The summed E-state index contributed by atoms with van der Waals surface area (Å²) in [4.78, 5) is 21.6. The van der Waals surface area contributed by atoms with E-state index in [-0.39, 0.29) is 16.5 Å². The van der Waals surface area contributed by atoms with Crippen molar-refractivity contribution in [2.24, 2.45) is 0 Å². The molecule has 56 heavy (non-hydrogen) atoms. The Hall–Kier alpha value is -4.32. The van der Waals surface area contributed by atoms with Crippen molar-refractivity contribution < 1.29 is 13.2 Å².